The lowest BCUT2D eigenvalue weighted by atomic mass is 9.86. The standard InChI is InChI=1S/C11H17NO/c1-7(2)9-4-8(3)5-11(13)10(9)6-12/h4,7H,5-6,12H2,1-3H3. The molecule has 72 valence electrons. The second-order valence-corrected chi connectivity index (χ2v) is 3.88. The molecule has 2 N–H and O–H groups in total. The predicted molar refractivity (Wildman–Crippen MR) is 54.3 cm³/mol. The SMILES string of the molecule is CC1=CC(C(C)C)=C(CN)C(=O)C1. The molecule has 0 unspecified atom stereocenters. The number of carbonyl (C=O) groups excluding carboxylic acids is 1. The van der Waals surface area contributed by atoms with Crippen LogP contribution in [0.2, 0.25) is 0 Å². The number of rotatable bonds is 2. The maximum Gasteiger partial charge on any atom is 0.164 e. The fourth-order valence-corrected chi connectivity index (χ4v) is 1.67. The lowest BCUT2D eigenvalue weighted by molar-refractivity contribution is -0.115. The van der Waals surface area contributed by atoms with Crippen molar-refractivity contribution in [2.24, 2.45) is 11.7 Å². The van der Waals surface area contributed by atoms with Crippen molar-refractivity contribution in [1.29, 1.82) is 0 Å². The van der Waals surface area contributed by atoms with Gasteiger partial charge in [-0.3, -0.25) is 4.79 Å². The van der Waals surface area contributed by atoms with Crippen LogP contribution in [0.15, 0.2) is 22.8 Å². The van der Waals surface area contributed by atoms with Crippen LogP contribution in [0, 0.1) is 5.92 Å². The summed E-state index contributed by atoms with van der Waals surface area (Å²) in [5.41, 5.74) is 8.65. The summed E-state index contributed by atoms with van der Waals surface area (Å²) in [6.07, 6.45) is 2.65. The maximum absolute atomic E-state index is 11.6. The summed E-state index contributed by atoms with van der Waals surface area (Å²) in [5.74, 6) is 0.587. The Morgan fingerprint density at radius 3 is 2.62 bits per heavy atom. The maximum atomic E-state index is 11.6. The van der Waals surface area contributed by atoms with E-state index in [2.05, 4.69) is 19.9 Å². The molecule has 2 nitrogen and oxygen atoms in total. The molecule has 2 heteroatoms. The number of nitrogens with two attached hydrogens (primary N) is 1. The molecule has 0 fully saturated rings. The highest BCUT2D eigenvalue weighted by Gasteiger charge is 2.19. The van der Waals surface area contributed by atoms with Crippen LogP contribution in [0.5, 0.6) is 0 Å². The molecule has 0 atom stereocenters. The van der Waals surface area contributed by atoms with E-state index in [1.165, 1.54) is 0 Å². The number of ketones is 1. The van der Waals surface area contributed by atoms with E-state index >= 15 is 0 Å². The third-order valence-corrected chi connectivity index (χ3v) is 2.35. The van der Waals surface area contributed by atoms with Crippen molar-refractivity contribution in [3.8, 4) is 0 Å². The van der Waals surface area contributed by atoms with Crippen molar-refractivity contribution in [3.05, 3.63) is 22.8 Å². The van der Waals surface area contributed by atoms with Gasteiger partial charge in [0.25, 0.3) is 0 Å². The van der Waals surface area contributed by atoms with Crippen LogP contribution in [-0.2, 0) is 4.79 Å². The first kappa shape index (κ1) is 10.2. The average molecular weight is 179 g/mol. The molecule has 0 aromatic rings. The topological polar surface area (TPSA) is 43.1 Å². The molecule has 1 aliphatic carbocycles. The molecule has 0 radical (unpaired) electrons. The first-order chi connectivity index (χ1) is 6.06. The van der Waals surface area contributed by atoms with Crippen LogP contribution in [0.3, 0.4) is 0 Å². The lowest BCUT2D eigenvalue weighted by Gasteiger charge is -2.19. The van der Waals surface area contributed by atoms with Gasteiger partial charge in [-0.1, -0.05) is 25.5 Å². The van der Waals surface area contributed by atoms with Gasteiger partial charge >= 0.3 is 0 Å². The van der Waals surface area contributed by atoms with E-state index in [-0.39, 0.29) is 5.78 Å². The smallest absolute Gasteiger partial charge is 0.164 e. The number of carbonyl (C=O) groups is 1. The van der Waals surface area contributed by atoms with E-state index < -0.39 is 0 Å². The summed E-state index contributed by atoms with van der Waals surface area (Å²) in [7, 11) is 0. The lowest BCUT2D eigenvalue weighted by Crippen LogP contribution is -2.20. The van der Waals surface area contributed by atoms with Crippen LogP contribution in [0.4, 0.5) is 0 Å². The van der Waals surface area contributed by atoms with Crippen LogP contribution >= 0.6 is 0 Å². The fraction of sp³-hybridized carbons (Fsp3) is 0.545. The van der Waals surface area contributed by atoms with Gasteiger partial charge in [0, 0.05) is 18.5 Å². The molecule has 0 amide bonds. The molecule has 0 saturated heterocycles. The van der Waals surface area contributed by atoms with Crippen molar-refractivity contribution >= 4 is 5.78 Å². The van der Waals surface area contributed by atoms with Gasteiger partial charge in [0.2, 0.25) is 0 Å². The van der Waals surface area contributed by atoms with E-state index in [4.69, 9.17) is 5.73 Å². The van der Waals surface area contributed by atoms with Gasteiger partial charge in [0.1, 0.15) is 0 Å². The van der Waals surface area contributed by atoms with Crippen LogP contribution < -0.4 is 5.73 Å². The van der Waals surface area contributed by atoms with Gasteiger partial charge < -0.3 is 5.73 Å². The molecule has 0 bridgehead atoms. The first-order valence-corrected chi connectivity index (χ1v) is 4.69. The summed E-state index contributed by atoms with van der Waals surface area (Å²) in [6, 6.07) is 0. The molecule has 0 aromatic heterocycles. The molecule has 0 spiro atoms. The van der Waals surface area contributed by atoms with Gasteiger partial charge in [0.05, 0.1) is 0 Å². The molecule has 1 aliphatic rings. The number of Topliss-reactive ketones (excluding diaryl/α,β-unsaturated/α-hetero) is 1. The number of allylic oxidation sites excluding steroid dienone is 3. The molecule has 0 saturated carbocycles. The Labute approximate surface area is 79.5 Å². The van der Waals surface area contributed by atoms with E-state index in [9.17, 15) is 4.79 Å². The third kappa shape index (κ3) is 2.07. The second kappa shape index (κ2) is 3.88. The molecule has 1 rings (SSSR count). The van der Waals surface area contributed by atoms with Crippen molar-refractivity contribution in [2.75, 3.05) is 6.54 Å². The highest BCUT2D eigenvalue weighted by Crippen LogP contribution is 2.25. The normalized spacial score (nSPS) is 18.2. The van der Waals surface area contributed by atoms with E-state index in [1.807, 2.05) is 6.92 Å². The third-order valence-electron chi connectivity index (χ3n) is 2.35. The molecular weight excluding hydrogens is 162 g/mol. The summed E-state index contributed by atoms with van der Waals surface area (Å²) < 4.78 is 0. The fourth-order valence-electron chi connectivity index (χ4n) is 1.67. The molecule has 0 aliphatic heterocycles. The summed E-state index contributed by atoms with van der Waals surface area (Å²) in [6.45, 7) is 6.55. The van der Waals surface area contributed by atoms with Crippen molar-refractivity contribution in [3.63, 3.8) is 0 Å². The Kier molecular flexibility index (Phi) is 3.04. The van der Waals surface area contributed by atoms with E-state index in [0.29, 0.717) is 18.9 Å². The van der Waals surface area contributed by atoms with Crippen molar-refractivity contribution in [1.82, 2.24) is 0 Å². The highest BCUT2D eigenvalue weighted by atomic mass is 16.1. The number of hydrogen-bond acceptors (Lipinski definition) is 2. The van der Waals surface area contributed by atoms with Gasteiger partial charge in [0.15, 0.2) is 5.78 Å². The van der Waals surface area contributed by atoms with Crippen molar-refractivity contribution in [2.45, 2.75) is 27.2 Å². The molecular formula is C11H17NO. The van der Waals surface area contributed by atoms with Crippen molar-refractivity contribution < 1.29 is 4.79 Å². The Morgan fingerprint density at radius 1 is 1.54 bits per heavy atom. The van der Waals surface area contributed by atoms with Gasteiger partial charge in [-0.2, -0.15) is 0 Å². The van der Waals surface area contributed by atoms with E-state index in [0.717, 1.165) is 16.7 Å². The average Bonchev–Trinajstić information content (AvgIpc) is 2.02. The Bertz CT molecular complexity index is 284. The zero-order chi connectivity index (χ0) is 10.0. The van der Waals surface area contributed by atoms with Crippen LogP contribution in [0.25, 0.3) is 0 Å². The molecule has 0 heterocycles. The monoisotopic (exact) mass is 179 g/mol. The van der Waals surface area contributed by atoms with Crippen LogP contribution in [0.1, 0.15) is 27.2 Å². The summed E-state index contributed by atoms with van der Waals surface area (Å²) >= 11 is 0. The van der Waals surface area contributed by atoms with Gasteiger partial charge in [-0.05, 0) is 18.4 Å². The Balaban J connectivity index is 3.12. The quantitative estimate of drug-likeness (QED) is 0.702. The Morgan fingerprint density at radius 2 is 2.15 bits per heavy atom. The Hall–Kier alpha value is -0.890. The van der Waals surface area contributed by atoms with E-state index in [1.54, 1.807) is 0 Å². The van der Waals surface area contributed by atoms with Gasteiger partial charge in [-0.15, -0.1) is 0 Å². The minimum atomic E-state index is 0.200. The highest BCUT2D eigenvalue weighted by molar-refractivity contribution is 5.99. The number of hydrogen-bond donors (Lipinski definition) is 1. The zero-order valence-corrected chi connectivity index (χ0v) is 8.55. The first-order valence-electron chi connectivity index (χ1n) is 4.69. The second-order valence-electron chi connectivity index (χ2n) is 3.88. The summed E-state index contributed by atoms with van der Waals surface area (Å²) in [5, 5.41) is 0. The van der Waals surface area contributed by atoms with Crippen LogP contribution in [-0.4, -0.2) is 12.3 Å². The molecule has 13 heavy (non-hydrogen) atoms. The zero-order valence-electron chi connectivity index (χ0n) is 8.55. The largest absolute Gasteiger partial charge is 0.326 e. The summed E-state index contributed by atoms with van der Waals surface area (Å²) in [4.78, 5) is 11.6. The van der Waals surface area contributed by atoms with Gasteiger partial charge in [-0.25, -0.2) is 0 Å². The minimum Gasteiger partial charge on any atom is -0.326 e. The predicted octanol–water partition coefficient (Wildman–Crippen LogP) is 1.82. The minimum absolute atomic E-state index is 0.200. The molecule has 0 aromatic carbocycles.